The average Bonchev–Trinajstić information content (AvgIpc) is 3.14. The van der Waals surface area contributed by atoms with E-state index in [2.05, 4.69) is 6.58 Å². The van der Waals surface area contributed by atoms with Crippen LogP contribution in [0.2, 0.25) is 0 Å². The molecule has 4 rings (SSSR count). The Kier molecular flexibility index (Phi) is 7.56. The van der Waals surface area contributed by atoms with E-state index in [1.807, 2.05) is 6.92 Å². The van der Waals surface area contributed by atoms with Gasteiger partial charge in [0.15, 0.2) is 6.23 Å². The molecule has 3 heterocycles. The maximum Gasteiger partial charge on any atom is 0.416 e. The van der Waals surface area contributed by atoms with Gasteiger partial charge >= 0.3 is 6.09 Å². The molecule has 33 heavy (non-hydrogen) atoms. The summed E-state index contributed by atoms with van der Waals surface area (Å²) in [6, 6.07) is 2.27. The Morgan fingerprint density at radius 1 is 1.30 bits per heavy atom. The van der Waals surface area contributed by atoms with Crippen LogP contribution in [0.5, 0.6) is 0 Å². The largest absolute Gasteiger partial charge is 0.448 e. The molecule has 3 aliphatic heterocycles. The van der Waals surface area contributed by atoms with Gasteiger partial charge in [-0.1, -0.05) is 33.7 Å². The second-order valence-corrected chi connectivity index (χ2v) is 11.4. The van der Waals surface area contributed by atoms with Crippen molar-refractivity contribution < 1.29 is 34.4 Å². The number of hydrogen-bond acceptors (Lipinski definition) is 9. The van der Waals surface area contributed by atoms with E-state index in [1.54, 1.807) is 21.6 Å². The highest BCUT2D eigenvalue weighted by atomic mass is 33.1. The molecule has 0 radical (unpaired) electrons. The molecule has 3 N–H and O–H groups in total. The summed E-state index contributed by atoms with van der Waals surface area (Å²) in [5.41, 5.74) is 1.84. The van der Waals surface area contributed by atoms with Gasteiger partial charge in [0.05, 0.1) is 49.0 Å². The van der Waals surface area contributed by atoms with Crippen molar-refractivity contribution in [1.82, 2.24) is 4.90 Å². The molecule has 2 fully saturated rings. The lowest BCUT2D eigenvalue weighted by Gasteiger charge is -2.32. The first-order chi connectivity index (χ1) is 15.8. The smallest absolute Gasteiger partial charge is 0.416 e. The van der Waals surface area contributed by atoms with Gasteiger partial charge in [0.25, 0.3) is 5.91 Å². The number of aliphatic hydroxyl groups is 3. The van der Waals surface area contributed by atoms with E-state index in [0.717, 1.165) is 23.7 Å². The summed E-state index contributed by atoms with van der Waals surface area (Å²) in [5, 5.41) is 31.1. The Bertz CT molecular complexity index is 940. The van der Waals surface area contributed by atoms with E-state index in [4.69, 9.17) is 9.47 Å². The lowest BCUT2D eigenvalue weighted by Crippen LogP contribution is -2.51. The van der Waals surface area contributed by atoms with E-state index < -0.39 is 25.0 Å². The molecule has 0 aromatic heterocycles. The number of carbonyl (C=O) groups excluding carboxylic acids is 2. The third kappa shape index (κ3) is 4.89. The minimum Gasteiger partial charge on any atom is -0.448 e. The van der Waals surface area contributed by atoms with Crippen molar-refractivity contribution in [3.63, 3.8) is 0 Å². The van der Waals surface area contributed by atoms with E-state index >= 15 is 0 Å². The molecule has 2 amide bonds. The number of anilines is 1. The second-order valence-electron chi connectivity index (χ2n) is 8.43. The molecule has 11 heteroatoms. The van der Waals surface area contributed by atoms with Gasteiger partial charge in [-0.25, -0.2) is 9.69 Å². The number of nitrogens with zero attached hydrogens (tertiary/aromatic N) is 2. The molecule has 180 valence electrons. The molecule has 0 bridgehead atoms. The van der Waals surface area contributed by atoms with Gasteiger partial charge in [0, 0.05) is 11.8 Å². The summed E-state index contributed by atoms with van der Waals surface area (Å²) >= 11 is 0. The molecule has 3 aliphatic rings. The number of fused-ring (bicyclic) bond motifs is 2. The quantitative estimate of drug-likeness (QED) is 0.384. The van der Waals surface area contributed by atoms with Crippen LogP contribution in [0.1, 0.15) is 34.8 Å². The predicted octanol–water partition coefficient (Wildman–Crippen LogP) is 1.89. The van der Waals surface area contributed by atoms with Crippen molar-refractivity contribution in [3.8, 4) is 0 Å². The van der Waals surface area contributed by atoms with Crippen molar-refractivity contribution in [2.45, 2.75) is 49.3 Å². The van der Waals surface area contributed by atoms with Crippen LogP contribution in [0.4, 0.5) is 10.5 Å². The van der Waals surface area contributed by atoms with E-state index in [9.17, 15) is 24.9 Å². The summed E-state index contributed by atoms with van der Waals surface area (Å²) < 4.78 is 10.7. The molecule has 9 nitrogen and oxygen atoms in total. The Balaban J connectivity index is 1.60. The average molecular weight is 497 g/mol. The molecule has 3 atom stereocenters. The van der Waals surface area contributed by atoms with Crippen LogP contribution in [0.15, 0.2) is 24.3 Å². The highest BCUT2D eigenvalue weighted by Crippen LogP contribution is 2.38. The summed E-state index contributed by atoms with van der Waals surface area (Å²) in [4.78, 5) is 29.1. The van der Waals surface area contributed by atoms with E-state index in [1.165, 1.54) is 17.0 Å². The third-order valence-electron chi connectivity index (χ3n) is 5.91. The van der Waals surface area contributed by atoms with Crippen LogP contribution < -0.4 is 4.90 Å². The Labute approximate surface area is 200 Å². The minimum absolute atomic E-state index is 0.0114. The first-order valence-corrected chi connectivity index (χ1v) is 13.0. The van der Waals surface area contributed by atoms with E-state index in [-0.39, 0.29) is 42.2 Å². The Hall–Kier alpha value is -1.76. The summed E-state index contributed by atoms with van der Waals surface area (Å²) in [6.07, 6.45) is -1.77. The van der Waals surface area contributed by atoms with Crippen molar-refractivity contribution in [1.29, 1.82) is 0 Å². The second kappa shape index (κ2) is 10.2. The SMILES string of the molecule is C=C1C[C@H]2C(O)N(C(=O)OC[C@@H](C)SSC3COC3)c3cc(CO)c(CO)cc3C(=O)N2C1. The zero-order valence-electron chi connectivity index (χ0n) is 18.3. The van der Waals surface area contributed by atoms with Crippen LogP contribution in [0, 0.1) is 0 Å². The first-order valence-electron chi connectivity index (χ1n) is 10.7. The van der Waals surface area contributed by atoms with Gasteiger partial charge in [0.2, 0.25) is 0 Å². The van der Waals surface area contributed by atoms with Gasteiger partial charge in [-0.15, -0.1) is 0 Å². The van der Waals surface area contributed by atoms with Gasteiger partial charge in [-0.05, 0) is 36.6 Å². The third-order valence-corrected chi connectivity index (χ3v) is 9.17. The Morgan fingerprint density at radius 2 is 2.00 bits per heavy atom. The number of benzene rings is 1. The van der Waals surface area contributed by atoms with Gasteiger partial charge in [-0.2, -0.15) is 0 Å². The highest BCUT2D eigenvalue weighted by Gasteiger charge is 2.46. The molecule has 2 saturated heterocycles. The molecule has 1 unspecified atom stereocenters. The molecule has 0 aliphatic carbocycles. The number of ether oxygens (including phenoxy) is 2. The van der Waals surface area contributed by atoms with Crippen molar-refractivity contribution in [3.05, 3.63) is 41.0 Å². The number of hydrogen-bond donors (Lipinski definition) is 3. The van der Waals surface area contributed by atoms with Crippen molar-refractivity contribution in [2.24, 2.45) is 0 Å². The lowest BCUT2D eigenvalue weighted by atomic mass is 10.0. The minimum atomic E-state index is -1.35. The molecular weight excluding hydrogens is 468 g/mol. The highest BCUT2D eigenvalue weighted by molar-refractivity contribution is 8.77. The number of aliphatic hydroxyl groups excluding tert-OH is 3. The first kappa shape index (κ1) is 24.4. The maximum atomic E-state index is 13.3. The van der Waals surface area contributed by atoms with Crippen LogP contribution in [0.25, 0.3) is 0 Å². The van der Waals surface area contributed by atoms with Gasteiger partial charge in [0.1, 0.15) is 6.61 Å². The Morgan fingerprint density at radius 3 is 2.64 bits per heavy atom. The molecular formula is C22H28N2O7S2. The fourth-order valence-electron chi connectivity index (χ4n) is 4.06. The summed E-state index contributed by atoms with van der Waals surface area (Å²) in [5.74, 6) is -0.370. The van der Waals surface area contributed by atoms with Gasteiger partial charge < -0.3 is 29.7 Å². The normalized spacial score (nSPS) is 23.6. The maximum absolute atomic E-state index is 13.3. The molecule has 0 saturated carbocycles. The lowest BCUT2D eigenvalue weighted by molar-refractivity contribution is 0.0461. The monoisotopic (exact) mass is 496 g/mol. The summed E-state index contributed by atoms with van der Waals surface area (Å²) in [6.45, 7) is 6.96. The standard InChI is InChI=1S/C22H28N2O7S2/c1-12-3-19-21(28)24(22(29)31-9-13(2)32-33-16-10-30-11-16)18-5-15(8-26)14(7-25)4-17(18)20(27)23(19)6-12/h4-5,13,16,19,21,25-26,28H,1,3,6-11H2,2H3/t13-,19+,21?/m1/s1. The number of carbonyl (C=O) groups is 2. The van der Waals surface area contributed by atoms with Crippen LogP contribution >= 0.6 is 21.6 Å². The molecule has 1 aromatic rings. The molecule has 0 spiro atoms. The van der Waals surface area contributed by atoms with Crippen molar-refractivity contribution >= 4 is 39.3 Å². The van der Waals surface area contributed by atoms with Gasteiger partial charge in [-0.3, -0.25) is 4.79 Å². The molecule has 1 aromatic carbocycles. The van der Waals surface area contributed by atoms with Crippen LogP contribution in [-0.4, -0.2) is 81.4 Å². The van der Waals surface area contributed by atoms with Crippen LogP contribution in [0.3, 0.4) is 0 Å². The zero-order valence-corrected chi connectivity index (χ0v) is 19.9. The predicted molar refractivity (Wildman–Crippen MR) is 126 cm³/mol. The fourth-order valence-corrected chi connectivity index (χ4v) is 6.38. The fraction of sp³-hybridized carbons (Fsp3) is 0.545. The zero-order chi connectivity index (χ0) is 23.7. The number of rotatable bonds is 7. The van der Waals surface area contributed by atoms with Crippen LogP contribution in [-0.2, 0) is 22.7 Å². The number of amides is 2. The summed E-state index contributed by atoms with van der Waals surface area (Å²) in [7, 11) is 3.31. The van der Waals surface area contributed by atoms with E-state index in [0.29, 0.717) is 22.8 Å². The topological polar surface area (TPSA) is 120 Å². The van der Waals surface area contributed by atoms with Crippen molar-refractivity contribution in [2.75, 3.05) is 31.3 Å².